The number of halogens is 1. The van der Waals surface area contributed by atoms with Gasteiger partial charge in [0.2, 0.25) is 11.9 Å². The van der Waals surface area contributed by atoms with E-state index in [1.54, 1.807) is 19.3 Å². The minimum atomic E-state index is -2.19. The van der Waals surface area contributed by atoms with Gasteiger partial charge < -0.3 is 29.7 Å². The number of amides is 1. The van der Waals surface area contributed by atoms with Crippen molar-refractivity contribution in [3.8, 4) is 17.0 Å². The minimum Gasteiger partial charge on any atom is -0.490 e. The number of aromatic nitrogens is 3. The smallest absolute Gasteiger partial charge is 0.247 e. The lowest BCUT2D eigenvalue weighted by molar-refractivity contribution is -0.111. The summed E-state index contributed by atoms with van der Waals surface area (Å²) >= 11 is 6.61. The van der Waals surface area contributed by atoms with Gasteiger partial charge in [0.05, 0.1) is 40.3 Å². The Labute approximate surface area is 237 Å². The number of hydrogen-bond acceptors (Lipinski definition) is 7. The zero-order chi connectivity index (χ0) is 30.2. The Balaban J connectivity index is 1.47. The molecule has 0 aliphatic carbocycles. The number of aryl methyl sites for hydroxylation is 1. The maximum absolute atomic E-state index is 12.3. The van der Waals surface area contributed by atoms with Crippen molar-refractivity contribution in [3.05, 3.63) is 66.0 Å². The van der Waals surface area contributed by atoms with Crippen LogP contribution >= 0.6 is 11.6 Å². The van der Waals surface area contributed by atoms with Crippen molar-refractivity contribution in [2.45, 2.75) is 13.5 Å². The first-order valence-electron chi connectivity index (χ1n) is 14.0. The second-order valence-corrected chi connectivity index (χ2v) is 9.88. The molecule has 5 rings (SSSR count). The van der Waals surface area contributed by atoms with Crippen LogP contribution in [0.3, 0.4) is 0 Å². The van der Waals surface area contributed by atoms with Gasteiger partial charge in [-0.1, -0.05) is 30.3 Å². The molecular formula is C29H32ClN7O2. The van der Waals surface area contributed by atoms with Gasteiger partial charge in [-0.15, -0.1) is 0 Å². The van der Waals surface area contributed by atoms with E-state index in [9.17, 15) is 4.79 Å². The summed E-state index contributed by atoms with van der Waals surface area (Å²) in [7, 11) is 3.40. The third-order valence-corrected chi connectivity index (χ3v) is 6.94. The molecule has 9 nitrogen and oxygen atoms in total. The summed E-state index contributed by atoms with van der Waals surface area (Å²) < 4.78 is 30.8. The molecule has 2 aromatic heterocycles. The molecule has 0 unspecified atom stereocenters. The van der Waals surface area contributed by atoms with Gasteiger partial charge >= 0.3 is 0 Å². The summed E-state index contributed by atoms with van der Waals surface area (Å²) in [5.41, 5.74) is 5.26. The largest absolute Gasteiger partial charge is 0.490 e. The number of benzene rings is 2. The fourth-order valence-corrected chi connectivity index (χ4v) is 4.84. The van der Waals surface area contributed by atoms with Gasteiger partial charge in [-0.3, -0.25) is 4.79 Å². The number of ether oxygens (including phenoxy) is 1. The van der Waals surface area contributed by atoms with Crippen molar-refractivity contribution in [2.24, 2.45) is 0 Å². The van der Waals surface area contributed by atoms with Crippen LogP contribution in [0, 0.1) is 6.92 Å². The van der Waals surface area contributed by atoms with E-state index in [4.69, 9.17) is 25.4 Å². The highest BCUT2D eigenvalue weighted by Crippen LogP contribution is 2.39. The summed E-state index contributed by atoms with van der Waals surface area (Å²) in [6.45, 7) is 5.33. The SMILES string of the molecule is [2H]C([2H])([2H])N(C)CCN(C)c1cc(C)c(Nc2ncc(Cl)c(-c3cn4c5c(cccc35)OCC4)n2)cc1NC(=O)C=C. The third-order valence-electron chi connectivity index (χ3n) is 6.66. The van der Waals surface area contributed by atoms with Crippen molar-refractivity contribution in [1.29, 1.82) is 0 Å². The number of likely N-dealkylation sites (N-methyl/N-ethyl adjacent to an activating group) is 2. The van der Waals surface area contributed by atoms with E-state index in [0.717, 1.165) is 40.0 Å². The highest BCUT2D eigenvalue weighted by Gasteiger charge is 2.21. The van der Waals surface area contributed by atoms with Gasteiger partial charge in [-0.2, -0.15) is 0 Å². The summed E-state index contributed by atoms with van der Waals surface area (Å²) in [4.78, 5) is 24.7. The van der Waals surface area contributed by atoms with Crippen LogP contribution < -0.4 is 20.3 Å². The van der Waals surface area contributed by atoms with Gasteiger partial charge in [0, 0.05) is 47.1 Å². The normalized spacial score (nSPS) is 13.8. The number of anilines is 4. The lowest BCUT2D eigenvalue weighted by Crippen LogP contribution is -2.29. The molecule has 0 radical (unpaired) electrons. The van der Waals surface area contributed by atoms with Crippen LogP contribution in [0.2, 0.25) is 5.02 Å². The minimum absolute atomic E-state index is 0.298. The second kappa shape index (κ2) is 11.0. The molecule has 0 saturated heterocycles. The van der Waals surface area contributed by atoms with Crippen molar-refractivity contribution >= 4 is 51.4 Å². The van der Waals surface area contributed by atoms with E-state index >= 15 is 0 Å². The molecule has 0 spiro atoms. The van der Waals surface area contributed by atoms with Crippen LogP contribution in [0.4, 0.5) is 23.0 Å². The highest BCUT2D eigenvalue weighted by molar-refractivity contribution is 6.33. The van der Waals surface area contributed by atoms with Gasteiger partial charge in [-0.25, -0.2) is 9.97 Å². The fraction of sp³-hybridized carbons (Fsp3) is 0.276. The van der Waals surface area contributed by atoms with Crippen LogP contribution in [-0.2, 0) is 11.3 Å². The van der Waals surface area contributed by atoms with E-state index in [-0.39, 0.29) is 5.91 Å². The van der Waals surface area contributed by atoms with E-state index < -0.39 is 6.98 Å². The number of carbonyl (C=O) groups excluding carboxylic acids is 1. The first-order valence-corrected chi connectivity index (χ1v) is 12.9. The second-order valence-electron chi connectivity index (χ2n) is 9.47. The monoisotopic (exact) mass is 548 g/mol. The molecule has 1 aliphatic heterocycles. The summed E-state index contributed by atoms with van der Waals surface area (Å²) in [5, 5.41) is 7.54. The summed E-state index contributed by atoms with van der Waals surface area (Å²) in [6.07, 6.45) is 4.80. The first kappa shape index (κ1) is 22.9. The Morgan fingerprint density at radius 1 is 1.31 bits per heavy atom. The lowest BCUT2D eigenvalue weighted by atomic mass is 10.1. The molecule has 3 heterocycles. The van der Waals surface area contributed by atoms with E-state index in [1.165, 1.54) is 11.0 Å². The lowest BCUT2D eigenvalue weighted by Gasteiger charge is -2.25. The van der Waals surface area contributed by atoms with Gasteiger partial charge in [0.15, 0.2) is 0 Å². The number of nitrogens with one attached hydrogen (secondary N) is 2. The first-order chi connectivity index (χ1) is 20.0. The van der Waals surface area contributed by atoms with E-state index in [0.29, 0.717) is 47.7 Å². The Hall–Kier alpha value is -4.08. The Kier molecular flexibility index (Phi) is 6.42. The molecule has 39 heavy (non-hydrogen) atoms. The number of para-hydroxylation sites is 1. The molecule has 1 aliphatic rings. The van der Waals surface area contributed by atoms with Gasteiger partial charge in [0.25, 0.3) is 0 Å². The predicted molar refractivity (Wildman–Crippen MR) is 159 cm³/mol. The molecule has 0 bridgehead atoms. The Morgan fingerprint density at radius 3 is 2.95 bits per heavy atom. The quantitative estimate of drug-likeness (QED) is 0.274. The molecule has 4 aromatic rings. The van der Waals surface area contributed by atoms with Crippen LogP contribution in [0.1, 0.15) is 9.68 Å². The average molecular weight is 549 g/mol. The van der Waals surface area contributed by atoms with Crippen molar-refractivity contribution in [3.63, 3.8) is 0 Å². The standard InChI is InChI=1S/C29H32ClN7O2/c1-6-26(38)32-23-15-22(18(2)14-24(23)36(5)11-10-35(3)4)33-29-31-16-21(30)27(34-29)20-17-37-12-13-39-25-9-7-8-19(20)28(25)37/h6-9,14-17H,1,10-13H2,2-5H3,(H,32,38)(H,31,33,34)/i3D3. The molecule has 10 heteroatoms. The summed E-state index contributed by atoms with van der Waals surface area (Å²) in [5.74, 6) is 0.789. The maximum atomic E-state index is 12.3. The van der Waals surface area contributed by atoms with Crippen LogP contribution in [-0.4, -0.2) is 66.1 Å². The van der Waals surface area contributed by atoms with Gasteiger partial charge in [0.1, 0.15) is 12.4 Å². The number of carbonyl (C=O) groups is 1. The number of hydrogen-bond donors (Lipinski definition) is 2. The fourth-order valence-electron chi connectivity index (χ4n) is 4.65. The molecule has 2 N–H and O–H groups in total. The van der Waals surface area contributed by atoms with Crippen molar-refractivity contribution < 1.29 is 13.6 Å². The third kappa shape index (κ3) is 5.41. The van der Waals surface area contributed by atoms with Gasteiger partial charge in [-0.05, 0) is 50.8 Å². The Morgan fingerprint density at radius 2 is 2.15 bits per heavy atom. The zero-order valence-electron chi connectivity index (χ0n) is 25.1. The van der Waals surface area contributed by atoms with E-state index in [2.05, 4.69) is 26.8 Å². The van der Waals surface area contributed by atoms with Crippen LogP contribution in [0.25, 0.3) is 22.2 Å². The molecule has 1 amide bonds. The number of nitrogens with zero attached hydrogens (tertiary/aromatic N) is 5. The molecular weight excluding hydrogens is 514 g/mol. The molecule has 0 atom stereocenters. The highest BCUT2D eigenvalue weighted by atomic mass is 35.5. The predicted octanol–water partition coefficient (Wildman–Crippen LogP) is 5.32. The van der Waals surface area contributed by atoms with Crippen LogP contribution in [0.15, 0.2) is 55.4 Å². The molecule has 0 saturated carbocycles. The van der Waals surface area contributed by atoms with Crippen molar-refractivity contribution in [1.82, 2.24) is 19.4 Å². The summed E-state index contributed by atoms with van der Waals surface area (Å²) in [6, 6.07) is 9.64. The van der Waals surface area contributed by atoms with Crippen molar-refractivity contribution in [2.75, 3.05) is 56.3 Å². The average Bonchev–Trinajstić information content (AvgIpc) is 3.33. The van der Waals surface area contributed by atoms with Crippen LogP contribution in [0.5, 0.6) is 5.75 Å². The zero-order valence-corrected chi connectivity index (χ0v) is 22.8. The maximum Gasteiger partial charge on any atom is 0.247 e. The van der Waals surface area contributed by atoms with E-state index in [1.807, 2.05) is 49.3 Å². The molecule has 2 aromatic carbocycles. The molecule has 202 valence electrons. The topological polar surface area (TPSA) is 87.6 Å². The number of rotatable bonds is 9. The Bertz CT molecular complexity index is 1670. The molecule has 0 fully saturated rings.